The lowest BCUT2D eigenvalue weighted by Crippen LogP contribution is -2.35. The molecule has 84 valence electrons. The van der Waals surface area contributed by atoms with Crippen molar-refractivity contribution in [3.63, 3.8) is 0 Å². The highest BCUT2D eigenvalue weighted by molar-refractivity contribution is 5.75. The molecule has 0 spiro atoms. The van der Waals surface area contributed by atoms with Gasteiger partial charge in [-0.1, -0.05) is 6.92 Å². The van der Waals surface area contributed by atoms with Gasteiger partial charge in [-0.2, -0.15) is 0 Å². The van der Waals surface area contributed by atoms with Crippen molar-refractivity contribution >= 4 is 5.91 Å². The van der Waals surface area contributed by atoms with Crippen molar-refractivity contribution in [2.45, 2.75) is 25.8 Å². The molecule has 4 nitrogen and oxygen atoms in total. The Bertz CT molecular complexity index is 160. The van der Waals surface area contributed by atoms with Gasteiger partial charge in [0.1, 0.15) is 0 Å². The molecule has 0 aromatic carbocycles. The largest absolute Gasteiger partial charge is 0.383 e. The van der Waals surface area contributed by atoms with E-state index in [1.54, 1.807) is 26.1 Å². The number of rotatable bonds is 7. The summed E-state index contributed by atoms with van der Waals surface area (Å²) in [5, 5.41) is 3.28. The maximum atomic E-state index is 11.2. The Morgan fingerprint density at radius 2 is 2.14 bits per heavy atom. The summed E-state index contributed by atoms with van der Waals surface area (Å²) in [6.45, 7) is 3.52. The van der Waals surface area contributed by atoms with Gasteiger partial charge in [-0.25, -0.2) is 0 Å². The Morgan fingerprint density at radius 3 is 2.57 bits per heavy atom. The highest BCUT2D eigenvalue weighted by Gasteiger charge is 2.07. The van der Waals surface area contributed by atoms with E-state index in [0.29, 0.717) is 19.1 Å². The standard InChI is InChI=1S/C10H22N2O2/c1-5-9(8-14-4)11-7-6-10(13)12(2)3/h9,11H,5-8H2,1-4H3. The molecule has 0 aromatic rings. The average Bonchev–Trinajstić information content (AvgIpc) is 2.16. The molecule has 0 rings (SSSR count). The summed E-state index contributed by atoms with van der Waals surface area (Å²) in [5.41, 5.74) is 0. The molecule has 0 saturated carbocycles. The third kappa shape index (κ3) is 5.94. The second-order valence-electron chi connectivity index (χ2n) is 3.55. The number of ether oxygens (including phenoxy) is 1. The molecule has 0 aliphatic carbocycles. The van der Waals surface area contributed by atoms with E-state index in [1.807, 2.05) is 0 Å². The van der Waals surface area contributed by atoms with Gasteiger partial charge in [0.25, 0.3) is 0 Å². The van der Waals surface area contributed by atoms with Crippen LogP contribution in [0.2, 0.25) is 0 Å². The number of hydrogen-bond donors (Lipinski definition) is 1. The first-order valence-corrected chi connectivity index (χ1v) is 5.04. The molecule has 1 N–H and O–H groups in total. The van der Waals surface area contributed by atoms with Crippen molar-refractivity contribution in [2.24, 2.45) is 0 Å². The smallest absolute Gasteiger partial charge is 0.223 e. The zero-order valence-corrected chi connectivity index (χ0v) is 9.67. The van der Waals surface area contributed by atoms with Crippen LogP contribution in [0.15, 0.2) is 0 Å². The maximum Gasteiger partial charge on any atom is 0.223 e. The molecule has 0 aliphatic heterocycles. The van der Waals surface area contributed by atoms with Crippen LogP contribution in [-0.2, 0) is 9.53 Å². The van der Waals surface area contributed by atoms with Crippen LogP contribution in [0.5, 0.6) is 0 Å². The molecule has 0 aliphatic rings. The van der Waals surface area contributed by atoms with Gasteiger partial charge in [-0.3, -0.25) is 4.79 Å². The molecule has 0 heterocycles. The van der Waals surface area contributed by atoms with Crippen LogP contribution in [-0.4, -0.2) is 51.2 Å². The second-order valence-corrected chi connectivity index (χ2v) is 3.55. The Balaban J connectivity index is 3.55. The van der Waals surface area contributed by atoms with Gasteiger partial charge in [0, 0.05) is 40.2 Å². The van der Waals surface area contributed by atoms with E-state index >= 15 is 0 Å². The Morgan fingerprint density at radius 1 is 1.50 bits per heavy atom. The predicted molar refractivity (Wildman–Crippen MR) is 57.3 cm³/mol. The van der Waals surface area contributed by atoms with Crippen LogP contribution < -0.4 is 5.32 Å². The summed E-state index contributed by atoms with van der Waals surface area (Å²) >= 11 is 0. The number of nitrogens with zero attached hydrogens (tertiary/aromatic N) is 1. The quantitative estimate of drug-likeness (QED) is 0.653. The van der Waals surface area contributed by atoms with Gasteiger partial charge in [0.2, 0.25) is 5.91 Å². The molecule has 0 radical (unpaired) electrons. The van der Waals surface area contributed by atoms with Crippen molar-refractivity contribution < 1.29 is 9.53 Å². The summed E-state index contributed by atoms with van der Waals surface area (Å²) in [7, 11) is 5.24. The van der Waals surface area contributed by atoms with E-state index in [2.05, 4.69) is 12.2 Å². The normalized spacial score (nSPS) is 12.6. The molecule has 0 aromatic heterocycles. The molecule has 4 heteroatoms. The summed E-state index contributed by atoms with van der Waals surface area (Å²) in [5.74, 6) is 0.157. The first-order chi connectivity index (χ1) is 6.61. The fraction of sp³-hybridized carbons (Fsp3) is 0.900. The van der Waals surface area contributed by atoms with E-state index in [0.717, 1.165) is 13.0 Å². The summed E-state index contributed by atoms with van der Waals surface area (Å²) in [6.07, 6.45) is 1.57. The summed E-state index contributed by atoms with van der Waals surface area (Å²) < 4.78 is 5.04. The minimum atomic E-state index is 0.157. The fourth-order valence-electron chi connectivity index (χ4n) is 1.13. The van der Waals surface area contributed by atoms with E-state index in [4.69, 9.17) is 4.74 Å². The van der Waals surface area contributed by atoms with Crippen molar-refractivity contribution in [1.82, 2.24) is 10.2 Å². The van der Waals surface area contributed by atoms with Crippen LogP contribution in [0, 0.1) is 0 Å². The summed E-state index contributed by atoms with van der Waals surface area (Å²) in [4.78, 5) is 12.8. The van der Waals surface area contributed by atoms with Gasteiger partial charge >= 0.3 is 0 Å². The monoisotopic (exact) mass is 202 g/mol. The van der Waals surface area contributed by atoms with E-state index in [1.165, 1.54) is 0 Å². The van der Waals surface area contributed by atoms with Crippen LogP contribution >= 0.6 is 0 Å². The van der Waals surface area contributed by atoms with Gasteiger partial charge < -0.3 is 15.0 Å². The third-order valence-electron chi connectivity index (χ3n) is 2.13. The van der Waals surface area contributed by atoms with Crippen LogP contribution in [0.4, 0.5) is 0 Å². The second kappa shape index (κ2) is 7.76. The zero-order chi connectivity index (χ0) is 11.0. The number of methoxy groups -OCH3 is 1. The maximum absolute atomic E-state index is 11.2. The molecule has 1 amide bonds. The minimum Gasteiger partial charge on any atom is -0.383 e. The molecular formula is C10H22N2O2. The van der Waals surface area contributed by atoms with Crippen molar-refractivity contribution in [2.75, 3.05) is 34.4 Å². The lowest BCUT2D eigenvalue weighted by atomic mass is 10.2. The molecule has 1 atom stereocenters. The first kappa shape index (κ1) is 13.4. The molecule has 0 saturated heterocycles. The highest BCUT2D eigenvalue weighted by atomic mass is 16.5. The van der Waals surface area contributed by atoms with E-state index in [-0.39, 0.29) is 5.91 Å². The van der Waals surface area contributed by atoms with Crippen molar-refractivity contribution in [1.29, 1.82) is 0 Å². The number of carbonyl (C=O) groups is 1. The molecule has 1 unspecified atom stereocenters. The lowest BCUT2D eigenvalue weighted by Gasteiger charge is -2.16. The average molecular weight is 202 g/mol. The molecule has 0 bridgehead atoms. The van der Waals surface area contributed by atoms with Gasteiger partial charge in [-0.15, -0.1) is 0 Å². The highest BCUT2D eigenvalue weighted by Crippen LogP contribution is 1.92. The zero-order valence-electron chi connectivity index (χ0n) is 9.67. The van der Waals surface area contributed by atoms with E-state index in [9.17, 15) is 4.79 Å². The number of carbonyl (C=O) groups excluding carboxylic acids is 1. The van der Waals surface area contributed by atoms with Crippen molar-refractivity contribution in [3.8, 4) is 0 Å². The molecule has 14 heavy (non-hydrogen) atoms. The van der Waals surface area contributed by atoms with Gasteiger partial charge in [-0.05, 0) is 6.42 Å². The van der Waals surface area contributed by atoms with Crippen LogP contribution in [0.3, 0.4) is 0 Å². The Kier molecular flexibility index (Phi) is 7.42. The third-order valence-corrected chi connectivity index (χ3v) is 2.13. The number of hydrogen-bond acceptors (Lipinski definition) is 3. The molecular weight excluding hydrogens is 180 g/mol. The Hall–Kier alpha value is -0.610. The van der Waals surface area contributed by atoms with Gasteiger partial charge in [0.05, 0.1) is 6.61 Å². The minimum absolute atomic E-state index is 0.157. The van der Waals surface area contributed by atoms with Crippen LogP contribution in [0.1, 0.15) is 19.8 Å². The number of amides is 1. The fourth-order valence-corrected chi connectivity index (χ4v) is 1.13. The van der Waals surface area contributed by atoms with Crippen molar-refractivity contribution in [3.05, 3.63) is 0 Å². The van der Waals surface area contributed by atoms with E-state index < -0.39 is 0 Å². The molecule has 0 fully saturated rings. The first-order valence-electron chi connectivity index (χ1n) is 5.04. The summed E-state index contributed by atoms with van der Waals surface area (Å²) in [6, 6.07) is 0.356. The number of nitrogens with one attached hydrogen (secondary N) is 1. The lowest BCUT2D eigenvalue weighted by molar-refractivity contribution is -0.128. The predicted octanol–water partition coefficient (Wildman–Crippen LogP) is 0.479. The SMILES string of the molecule is CCC(COC)NCCC(=O)N(C)C. The Labute approximate surface area is 86.6 Å². The van der Waals surface area contributed by atoms with Crippen LogP contribution in [0.25, 0.3) is 0 Å². The van der Waals surface area contributed by atoms with Gasteiger partial charge in [0.15, 0.2) is 0 Å². The topological polar surface area (TPSA) is 41.6 Å².